The zero-order valence-electron chi connectivity index (χ0n) is 15.3. The van der Waals surface area contributed by atoms with Gasteiger partial charge in [-0.05, 0) is 72.7 Å². The quantitative estimate of drug-likeness (QED) is 0.343. The molecule has 27 heavy (non-hydrogen) atoms. The summed E-state index contributed by atoms with van der Waals surface area (Å²) in [5.41, 5.74) is 1.40. The maximum absolute atomic E-state index is 6.31. The third kappa shape index (κ3) is 3.13. The van der Waals surface area contributed by atoms with Gasteiger partial charge in [0.2, 0.25) is 5.88 Å². The van der Waals surface area contributed by atoms with Crippen LogP contribution in [0.15, 0.2) is 40.9 Å². The fourth-order valence-electron chi connectivity index (χ4n) is 3.85. The number of thiophene rings is 1. The average molecular weight is 439 g/mol. The Balaban J connectivity index is 1.61. The van der Waals surface area contributed by atoms with E-state index in [1.165, 1.54) is 22.2 Å². The first-order valence-electron chi connectivity index (χ1n) is 9.23. The van der Waals surface area contributed by atoms with Crippen LogP contribution in [-0.2, 0) is 12.8 Å². The van der Waals surface area contributed by atoms with Gasteiger partial charge >= 0.3 is 0 Å². The third-order valence-corrected chi connectivity index (χ3v) is 6.86. The van der Waals surface area contributed by atoms with Gasteiger partial charge in [-0.1, -0.05) is 35.0 Å². The molecule has 3 nitrogen and oxygen atoms in total. The first kappa shape index (κ1) is 17.1. The summed E-state index contributed by atoms with van der Waals surface area (Å²) < 4.78 is 7.39. The number of ether oxygens (including phenoxy) is 1. The van der Waals surface area contributed by atoms with Crippen LogP contribution >= 0.6 is 27.3 Å². The number of benzene rings is 2. The molecular formula is C22H19BrN2OS. The highest BCUT2D eigenvalue weighted by Gasteiger charge is 2.24. The fraction of sp³-hybridized carbons (Fsp3) is 0.273. The normalized spacial score (nSPS) is 16.6. The van der Waals surface area contributed by atoms with Gasteiger partial charge in [-0.25, -0.2) is 4.98 Å². The van der Waals surface area contributed by atoms with Crippen LogP contribution in [0.4, 0.5) is 0 Å². The van der Waals surface area contributed by atoms with Gasteiger partial charge in [0.05, 0.1) is 5.39 Å². The highest BCUT2D eigenvalue weighted by atomic mass is 79.9. The highest BCUT2D eigenvalue weighted by Crippen LogP contribution is 2.42. The fourth-order valence-corrected chi connectivity index (χ4v) is 5.65. The summed E-state index contributed by atoms with van der Waals surface area (Å²) >= 11 is 5.34. The maximum atomic E-state index is 6.31. The van der Waals surface area contributed by atoms with Crippen molar-refractivity contribution in [3.05, 3.63) is 57.1 Å². The number of hydrogen-bond donors (Lipinski definition) is 0. The van der Waals surface area contributed by atoms with Gasteiger partial charge in [0.25, 0.3) is 0 Å². The van der Waals surface area contributed by atoms with E-state index in [0.29, 0.717) is 5.88 Å². The lowest BCUT2D eigenvalue weighted by atomic mass is 9.89. The van der Waals surface area contributed by atoms with Crippen molar-refractivity contribution in [1.82, 2.24) is 9.97 Å². The van der Waals surface area contributed by atoms with Crippen molar-refractivity contribution in [1.29, 1.82) is 0 Å². The molecule has 0 aliphatic heterocycles. The Bertz CT molecular complexity index is 1180. The number of fused-ring (bicyclic) bond motifs is 4. The van der Waals surface area contributed by atoms with E-state index in [4.69, 9.17) is 4.74 Å². The van der Waals surface area contributed by atoms with E-state index in [9.17, 15) is 0 Å². The molecule has 0 N–H and O–H groups in total. The topological polar surface area (TPSA) is 35.0 Å². The molecule has 2 heterocycles. The Morgan fingerprint density at radius 1 is 1.11 bits per heavy atom. The van der Waals surface area contributed by atoms with Gasteiger partial charge in [-0.15, -0.1) is 11.3 Å². The Labute approximate surface area is 170 Å². The van der Waals surface area contributed by atoms with Gasteiger partial charge in [-0.2, -0.15) is 4.98 Å². The summed E-state index contributed by atoms with van der Waals surface area (Å²) in [6.07, 6.45) is 3.45. The summed E-state index contributed by atoms with van der Waals surface area (Å²) in [5, 5.41) is 3.45. The molecular weight excluding hydrogens is 420 g/mol. The average Bonchev–Trinajstić information content (AvgIpc) is 2.98. The molecule has 5 rings (SSSR count). The first-order chi connectivity index (χ1) is 13.1. The number of hydrogen-bond acceptors (Lipinski definition) is 4. The Morgan fingerprint density at radius 3 is 2.81 bits per heavy atom. The Hall–Kier alpha value is -1.98. The molecule has 2 aromatic heterocycles. The first-order valence-corrected chi connectivity index (χ1v) is 10.8. The van der Waals surface area contributed by atoms with Crippen LogP contribution in [0.2, 0.25) is 0 Å². The second-order valence-electron chi connectivity index (χ2n) is 7.36. The lowest BCUT2D eigenvalue weighted by Gasteiger charge is -2.18. The van der Waals surface area contributed by atoms with Crippen molar-refractivity contribution in [3.63, 3.8) is 0 Å². The molecule has 1 aliphatic rings. The van der Waals surface area contributed by atoms with Crippen molar-refractivity contribution in [2.45, 2.75) is 33.1 Å². The van der Waals surface area contributed by atoms with E-state index in [-0.39, 0.29) is 0 Å². The van der Waals surface area contributed by atoms with Gasteiger partial charge in [0, 0.05) is 9.35 Å². The molecule has 0 amide bonds. The van der Waals surface area contributed by atoms with Crippen molar-refractivity contribution < 1.29 is 4.74 Å². The largest absolute Gasteiger partial charge is 0.438 e. The lowest BCUT2D eigenvalue weighted by molar-refractivity contribution is 0.465. The minimum Gasteiger partial charge on any atom is -0.438 e. The molecule has 0 saturated carbocycles. The molecule has 2 aromatic carbocycles. The summed E-state index contributed by atoms with van der Waals surface area (Å²) in [6.45, 7) is 4.26. The summed E-state index contributed by atoms with van der Waals surface area (Å²) in [6, 6.07) is 12.4. The highest BCUT2D eigenvalue weighted by molar-refractivity contribution is 9.10. The van der Waals surface area contributed by atoms with Crippen LogP contribution in [0.5, 0.6) is 11.6 Å². The van der Waals surface area contributed by atoms with E-state index >= 15 is 0 Å². The van der Waals surface area contributed by atoms with Crippen molar-refractivity contribution in [2.24, 2.45) is 5.92 Å². The van der Waals surface area contributed by atoms with Crippen LogP contribution in [0.25, 0.3) is 21.0 Å². The second-order valence-corrected chi connectivity index (χ2v) is 9.36. The SMILES string of the molecule is Cc1nc(Oc2ccc3cc(Br)ccc3c2)c2c3c(sc2n1)CC(C)CC3. The molecule has 136 valence electrons. The molecule has 0 fully saturated rings. The van der Waals surface area contributed by atoms with Crippen molar-refractivity contribution in [2.75, 3.05) is 0 Å². The zero-order chi connectivity index (χ0) is 18.5. The van der Waals surface area contributed by atoms with Crippen LogP contribution in [0, 0.1) is 12.8 Å². The van der Waals surface area contributed by atoms with Crippen molar-refractivity contribution >= 4 is 48.3 Å². The molecule has 1 aliphatic carbocycles. The van der Waals surface area contributed by atoms with E-state index in [0.717, 1.165) is 50.4 Å². The van der Waals surface area contributed by atoms with Crippen LogP contribution in [0.1, 0.15) is 29.6 Å². The van der Waals surface area contributed by atoms with E-state index in [1.54, 1.807) is 0 Å². The summed E-state index contributed by atoms with van der Waals surface area (Å²) in [5.74, 6) is 3.01. The maximum Gasteiger partial charge on any atom is 0.231 e. The summed E-state index contributed by atoms with van der Waals surface area (Å²) in [7, 11) is 0. The predicted octanol–water partition coefficient (Wildman–Crippen LogP) is 6.83. The van der Waals surface area contributed by atoms with Gasteiger partial charge in [0.15, 0.2) is 0 Å². The van der Waals surface area contributed by atoms with E-state index in [1.807, 2.05) is 24.3 Å². The van der Waals surface area contributed by atoms with Crippen LogP contribution in [0.3, 0.4) is 0 Å². The van der Waals surface area contributed by atoms with Crippen molar-refractivity contribution in [3.8, 4) is 11.6 Å². The van der Waals surface area contributed by atoms with Gasteiger partial charge in [0.1, 0.15) is 16.4 Å². The summed E-state index contributed by atoms with van der Waals surface area (Å²) in [4.78, 5) is 11.9. The minimum atomic E-state index is 0.695. The second kappa shape index (κ2) is 6.57. The number of rotatable bonds is 2. The molecule has 0 bridgehead atoms. The number of aryl methyl sites for hydroxylation is 2. The monoisotopic (exact) mass is 438 g/mol. The molecule has 0 spiro atoms. The van der Waals surface area contributed by atoms with Crippen LogP contribution < -0.4 is 4.74 Å². The zero-order valence-corrected chi connectivity index (χ0v) is 17.7. The Morgan fingerprint density at radius 2 is 1.93 bits per heavy atom. The lowest BCUT2D eigenvalue weighted by Crippen LogP contribution is -2.08. The molecule has 1 unspecified atom stereocenters. The predicted molar refractivity (Wildman–Crippen MR) is 115 cm³/mol. The van der Waals surface area contributed by atoms with E-state index < -0.39 is 0 Å². The standard InChI is InChI=1S/C22H19BrN2OS/c1-12-3-8-18-19(9-12)27-22-20(18)21(24-13(2)25-22)26-17-7-5-14-10-16(23)6-4-15(14)11-17/h4-7,10-12H,3,8-9H2,1-2H3. The van der Waals surface area contributed by atoms with Gasteiger partial charge < -0.3 is 4.74 Å². The smallest absolute Gasteiger partial charge is 0.231 e. The van der Waals surface area contributed by atoms with Crippen LogP contribution in [-0.4, -0.2) is 9.97 Å². The van der Waals surface area contributed by atoms with Gasteiger partial charge in [-0.3, -0.25) is 0 Å². The molecule has 4 aromatic rings. The van der Waals surface area contributed by atoms with E-state index in [2.05, 4.69) is 63.2 Å². The number of halogens is 1. The minimum absolute atomic E-state index is 0.695. The molecule has 5 heteroatoms. The molecule has 0 saturated heterocycles. The third-order valence-electron chi connectivity index (χ3n) is 5.22. The number of aromatic nitrogens is 2. The Kier molecular flexibility index (Phi) is 4.17. The molecule has 1 atom stereocenters. The number of nitrogens with zero attached hydrogens (tertiary/aromatic N) is 2. The molecule has 0 radical (unpaired) electrons.